The molecule has 0 unspecified atom stereocenters. The molecule has 5 nitrogen and oxygen atoms in total. The van der Waals surface area contributed by atoms with Gasteiger partial charge in [0.2, 0.25) is 5.95 Å². The number of hydrogen-bond acceptors (Lipinski definition) is 5. The highest BCUT2D eigenvalue weighted by atomic mass is 15.3. The van der Waals surface area contributed by atoms with Crippen molar-refractivity contribution in [1.29, 1.82) is 0 Å². The summed E-state index contributed by atoms with van der Waals surface area (Å²) in [7, 11) is 0. The van der Waals surface area contributed by atoms with E-state index in [-0.39, 0.29) is 0 Å². The fraction of sp³-hybridized carbons (Fsp3) is 0.520. The van der Waals surface area contributed by atoms with Gasteiger partial charge in [-0.15, -0.1) is 0 Å². The highest BCUT2D eigenvalue weighted by molar-refractivity contribution is 5.70. The fourth-order valence-electron chi connectivity index (χ4n) is 5.10. The summed E-state index contributed by atoms with van der Waals surface area (Å²) >= 11 is 0. The second-order valence-corrected chi connectivity index (χ2v) is 8.89. The minimum atomic E-state index is 0.600. The number of nitrogens with one attached hydrogen (secondary N) is 1. The van der Waals surface area contributed by atoms with Crippen LogP contribution in [-0.2, 0) is 0 Å². The predicted octanol–water partition coefficient (Wildman–Crippen LogP) is 5.77. The maximum Gasteiger partial charge on any atom is 0.229 e. The summed E-state index contributed by atoms with van der Waals surface area (Å²) in [6.07, 6.45) is 18.3. The van der Waals surface area contributed by atoms with Crippen molar-refractivity contribution in [2.24, 2.45) is 0 Å². The zero-order chi connectivity index (χ0) is 20.2. The van der Waals surface area contributed by atoms with Crippen molar-refractivity contribution < 1.29 is 0 Å². The number of piperidine rings is 1. The van der Waals surface area contributed by atoms with E-state index in [2.05, 4.69) is 56.5 Å². The molecule has 2 fully saturated rings. The molecular formula is C25H33N5. The van der Waals surface area contributed by atoms with E-state index in [0.717, 1.165) is 23.6 Å². The highest BCUT2D eigenvalue weighted by Crippen LogP contribution is 2.32. The van der Waals surface area contributed by atoms with Gasteiger partial charge in [0, 0.05) is 48.8 Å². The number of nitrogens with zero attached hydrogens (tertiary/aromatic N) is 4. The van der Waals surface area contributed by atoms with E-state index in [0.29, 0.717) is 12.0 Å². The van der Waals surface area contributed by atoms with Crippen molar-refractivity contribution in [2.45, 2.75) is 63.8 Å². The maximum absolute atomic E-state index is 4.95. The topological polar surface area (TPSA) is 44.3 Å². The first kappa shape index (κ1) is 19.4. The molecule has 30 heavy (non-hydrogen) atoms. The molecule has 0 atom stereocenters. The first-order chi connectivity index (χ1) is 14.9. The molecule has 2 aromatic rings. The van der Waals surface area contributed by atoms with Crippen LogP contribution in [0.1, 0.15) is 63.4 Å². The molecule has 5 rings (SSSR count). The third-order valence-corrected chi connectivity index (χ3v) is 6.78. The molecule has 0 radical (unpaired) electrons. The number of fused-ring (bicyclic) bond motifs is 1. The molecule has 5 heteroatoms. The lowest BCUT2D eigenvalue weighted by Gasteiger charge is -2.34. The minimum Gasteiger partial charge on any atom is -0.372 e. The van der Waals surface area contributed by atoms with Crippen LogP contribution in [-0.4, -0.2) is 35.6 Å². The summed E-state index contributed by atoms with van der Waals surface area (Å²) in [4.78, 5) is 14.5. The SMILES string of the molecule is C1=Cc2cnc(Nc3ccc(N4CCCCC4)cc3)nc2N(C2CCCCCC2)C1. The summed E-state index contributed by atoms with van der Waals surface area (Å²) in [5.74, 6) is 1.78. The number of hydrogen-bond donors (Lipinski definition) is 1. The quantitative estimate of drug-likeness (QED) is 0.657. The van der Waals surface area contributed by atoms with Gasteiger partial charge in [-0.2, -0.15) is 4.98 Å². The Balaban J connectivity index is 1.32. The minimum absolute atomic E-state index is 0.600. The van der Waals surface area contributed by atoms with E-state index in [1.807, 2.05) is 6.20 Å². The summed E-state index contributed by atoms with van der Waals surface area (Å²) in [5.41, 5.74) is 3.50. The van der Waals surface area contributed by atoms with E-state index in [4.69, 9.17) is 4.98 Å². The van der Waals surface area contributed by atoms with Gasteiger partial charge in [-0.1, -0.05) is 37.8 Å². The van der Waals surface area contributed by atoms with E-state index < -0.39 is 0 Å². The van der Waals surface area contributed by atoms with Crippen LogP contribution >= 0.6 is 0 Å². The molecule has 1 aromatic carbocycles. The van der Waals surface area contributed by atoms with Gasteiger partial charge in [0.15, 0.2) is 0 Å². The summed E-state index contributed by atoms with van der Waals surface area (Å²) in [5, 5.41) is 3.43. The lowest BCUT2D eigenvalue weighted by molar-refractivity contribution is 0.534. The summed E-state index contributed by atoms with van der Waals surface area (Å²) < 4.78 is 0. The van der Waals surface area contributed by atoms with Gasteiger partial charge in [-0.3, -0.25) is 0 Å². The van der Waals surface area contributed by atoms with Crippen LogP contribution in [0.25, 0.3) is 6.08 Å². The fourth-order valence-corrected chi connectivity index (χ4v) is 5.10. The molecule has 0 bridgehead atoms. The Morgan fingerprint density at radius 1 is 0.867 bits per heavy atom. The van der Waals surface area contributed by atoms with Crippen molar-refractivity contribution in [3.05, 3.63) is 42.1 Å². The van der Waals surface area contributed by atoms with Crippen LogP contribution in [0.3, 0.4) is 0 Å². The molecule has 2 aliphatic heterocycles. The van der Waals surface area contributed by atoms with Crippen molar-refractivity contribution in [1.82, 2.24) is 9.97 Å². The molecule has 3 aliphatic rings. The van der Waals surface area contributed by atoms with Crippen molar-refractivity contribution >= 4 is 29.2 Å². The zero-order valence-corrected chi connectivity index (χ0v) is 17.9. The molecule has 3 heterocycles. The maximum atomic E-state index is 4.95. The summed E-state index contributed by atoms with van der Waals surface area (Å²) in [6, 6.07) is 9.33. The molecule has 0 amide bonds. The van der Waals surface area contributed by atoms with Crippen LogP contribution in [0, 0.1) is 0 Å². The van der Waals surface area contributed by atoms with Gasteiger partial charge in [0.25, 0.3) is 0 Å². The third kappa shape index (κ3) is 4.30. The van der Waals surface area contributed by atoms with Gasteiger partial charge in [-0.05, 0) is 56.4 Å². The van der Waals surface area contributed by atoms with Crippen molar-refractivity contribution in [3.8, 4) is 0 Å². The van der Waals surface area contributed by atoms with E-state index in [9.17, 15) is 0 Å². The molecule has 1 aromatic heterocycles. The van der Waals surface area contributed by atoms with Crippen LogP contribution in [0.5, 0.6) is 0 Å². The lowest BCUT2D eigenvalue weighted by atomic mass is 10.0. The zero-order valence-electron chi connectivity index (χ0n) is 17.9. The van der Waals surface area contributed by atoms with Gasteiger partial charge in [0.05, 0.1) is 0 Å². The molecule has 1 N–H and O–H groups in total. The van der Waals surface area contributed by atoms with Crippen LogP contribution in [0.4, 0.5) is 23.1 Å². The second kappa shape index (κ2) is 9.07. The van der Waals surface area contributed by atoms with E-state index >= 15 is 0 Å². The van der Waals surface area contributed by atoms with Gasteiger partial charge >= 0.3 is 0 Å². The highest BCUT2D eigenvalue weighted by Gasteiger charge is 2.25. The summed E-state index contributed by atoms with van der Waals surface area (Å²) in [6.45, 7) is 3.30. The second-order valence-electron chi connectivity index (χ2n) is 8.89. The first-order valence-corrected chi connectivity index (χ1v) is 11.8. The Kier molecular flexibility index (Phi) is 5.87. The molecule has 158 valence electrons. The Morgan fingerprint density at radius 3 is 2.37 bits per heavy atom. The van der Waals surface area contributed by atoms with Gasteiger partial charge < -0.3 is 15.1 Å². The molecular weight excluding hydrogens is 370 g/mol. The van der Waals surface area contributed by atoms with Crippen LogP contribution < -0.4 is 15.1 Å². The average molecular weight is 404 g/mol. The number of benzene rings is 1. The average Bonchev–Trinajstić information content (AvgIpc) is 3.09. The molecule has 1 aliphatic carbocycles. The van der Waals surface area contributed by atoms with E-state index in [1.165, 1.54) is 76.6 Å². The standard InChI is InChI=1S/C25H33N5/c1-2-5-11-23(10-4-1)30-18-8-9-20-19-26-25(28-24(20)30)27-21-12-14-22(15-13-21)29-16-6-3-7-17-29/h8-9,12-15,19,23H,1-7,10-11,16-18H2,(H,26,27,28). The Morgan fingerprint density at radius 2 is 1.60 bits per heavy atom. The van der Waals surface area contributed by atoms with Crippen molar-refractivity contribution in [3.63, 3.8) is 0 Å². The Bertz CT molecular complexity index is 862. The first-order valence-electron chi connectivity index (χ1n) is 11.8. The Labute approximate surface area is 180 Å². The number of aromatic nitrogens is 2. The van der Waals surface area contributed by atoms with Gasteiger partial charge in [-0.25, -0.2) is 4.98 Å². The normalized spacial score (nSPS) is 20.0. The smallest absolute Gasteiger partial charge is 0.229 e. The third-order valence-electron chi connectivity index (χ3n) is 6.78. The molecule has 1 saturated heterocycles. The van der Waals surface area contributed by atoms with E-state index in [1.54, 1.807) is 0 Å². The molecule has 0 spiro atoms. The monoisotopic (exact) mass is 403 g/mol. The largest absolute Gasteiger partial charge is 0.372 e. The number of anilines is 4. The Hall–Kier alpha value is -2.56. The van der Waals surface area contributed by atoms with Gasteiger partial charge in [0.1, 0.15) is 5.82 Å². The lowest BCUT2D eigenvalue weighted by Crippen LogP contribution is -2.37. The van der Waals surface area contributed by atoms with Crippen molar-refractivity contribution in [2.75, 3.05) is 34.8 Å². The van der Waals surface area contributed by atoms with Crippen LogP contribution in [0.2, 0.25) is 0 Å². The predicted molar refractivity (Wildman–Crippen MR) is 126 cm³/mol. The number of rotatable bonds is 4. The molecule has 1 saturated carbocycles. The van der Waals surface area contributed by atoms with Crippen LogP contribution in [0.15, 0.2) is 36.5 Å².